The van der Waals surface area contributed by atoms with Gasteiger partial charge >= 0.3 is 0 Å². The maximum absolute atomic E-state index is 12.9. The number of nitrogens with zero attached hydrogens (tertiary/aromatic N) is 1. The van der Waals surface area contributed by atoms with Gasteiger partial charge in [-0.2, -0.15) is 0 Å². The van der Waals surface area contributed by atoms with E-state index in [0.29, 0.717) is 11.6 Å². The molecule has 1 aromatic carbocycles. The van der Waals surface area contributed by atoms with Crippen molar-refractivity contribution >= 4 is 27.6 Å². The Bertz CT molecular complexity index is 353. The Morgan fingerprint density at radius 3 is 2.86 bits per heavy atom. The number of anilines is 1. The Morgan fingerprint density at radius 1 is 1.57 bits per heavy atom. The fraction of sp³-hybridized carbons (Fsp3) is 0.125. The fourth-order valence-electron chi connectivity index (χ4n) is 0.877. The highest BCUT2D eigenvalue weighted by molar-refractivity contribution is 9.10. The molecule has 0 aliphatic heterocycles. The van der Waals surface area contributed by atoms with E-state index in [-0.39, 0.29) is 5.82 Å². The molecule has 0 aromatic heterocycles. The Balaban J connectivity index is 2.90. The topological polar surface area (TPSA) is 62.4 Å². The standard InChI is InChI=1S/C8H10BrFN4/c1-12-8(14-11)13-7-4-5(10)2-3-6(7)9/h2-4H,11H2,1H3,(H2,12,13,14). The molecular weight excluding hydrogens is 251 g/mol. The molecule has 0 aliphatic rings. The number of nitrogens with two attached hydrogens (primary N) is 1. The second kappa shape index (κ2) is 4.92. The van der Waals surface area contributed by atoms with E-state index < -0.39 is 0 Å². The third kappa shape index (κ3) is 2.68. The van der Waals surface area contributed by atoms with E-state index in [1.165, 1.54) is 12.1 Å². The van der Waals surface area contributed by atoms with Gasteiger partial charge in [-0.3, -0.25) is 10.4 Å². The summed E-state index contributed by atoms with van der Waals surface area (Å²) in [5, 5.41) is 2.81. The SMILES string of the molecule is CN=C(NN)Nc1cc(F)ccc1Br. The first-order chi connectivity index (χ1) is 6.67. The van der Waals surface area contributed by atoms with E-state index in [0.717, 1.165) is 4.47 Å². The maximum Gasteiger partial charge on any atom is 0.210 e. The van der Waals surface area contributed by atoms with Gasteiger partial charge in [0.25, 0.3) is 0 Å². The molecule has 0 atom stereocenters. The predicted molar refractivity (Wildman–Crippen MR) is 58.4 cm³/mol. The third-order valence-electron chi connectivity index (χ3n) is 1.54. The second-order valence-corrected chi connectivity index (χ2v) is 3.32. The van der Waals surface area contributed by atoms with Crippen LogP contribution >= 0.6 is 15.9 Å². The average Bonchev–Trinajstić information content (AvgIpc) is 2.19. The summed E-state index contributed by atoms with van der Waals surface area (Å²) in [5.41, 5.74) is 2.90. The molecule has 0 amide bonds. The van der Waals surface area contributed by atoms with Crippen molar-refractivity contribution in [2.75, 3.05) is 12.4 Å². The van der Waals surface area contributed by atoms with E-state index >= 15 is 0 Å². The van der Waals surface area contributed by atoms with Crippen molar-refractivity contribution < 1.29 is 4.39 Å². The van der Waals surface area contributed by atoms with E-state index in [4.69, 9.17) is 5.84 Å². The lowest BCUT2D eigenvalue weighted by Gasteiger charge is -2.09. The number of benzene rings is 1. The average molecular weight is 261 g/mol. The molecule has 4 nitrogen and oxygen atoms in total. The van der Waals surface area contributed by atoms with Crippen LogP contribution < -0.4 is 16.6 Å². The minimum atomic E-state index is -0.330. The van der Waals surface area contributed by atoms with Crippen LogP contribution in [0.4, 0.5) is 10.1 Å². The van der Waals surface area contributed by atoms with Gasteiger partial charge in [-0.15, -0.1) is 0 Å². The largest absolute Gasteiger partial charge is 0.324 e. The zero-order valence-electron chi connectivity index (χ0n) is 7.51. The predicted octanol–water partition coefficient (Wildman–Crippen LogP) is 1.45. The van der Waals surface area contributed by atoms with Crippen LogP contribution in [0.25, 0.3) is 0 Å². The van der Waals surface area contributed by atoms with E-state index in [9.17, 15) is 4.39 Å². The highest BCUT2D eigenvalue weighted by Gasteiger charge is 2.03. The molecular formula is C8H10BrFN4. The number of hydrogen-bond acceptors (Lipinski definition) is 2. The summed E-state index contributed by atoms with van der Waals surface area (Å²) < 4.78 is 13.6. The molecule has 1 aromatic rings. The minimum Gasteiger partial charge on any atom is -0.324 e. The quantitative estimate of drug-likeness (QED) is 0.310. The van der Waals surface area contributed by atoms with Crippen LogP contribution in [0, 0.1) is 5.82 Å². The zero-order chi connectivity index (χ0) is 10.6. The van der Waals surface area contributed by atoms with Crippen LogP contribution in [-0.4, -0.2) is 13.0 Å². The number of aliphatic imine (C=N–C) groups is 1. The van der Waals surface area contributed by atoms with Gasteiger partial charge < -0.3 is 5.32 Å². The van der Waals surface area contributed by atoms with Crippen molar-refractivity contribution in [1.82, 2.24) is 5.43 Å². The second-order valence-electron chi connectivity index (χ2n) is 2.47. The van der Waals surface area contributed by atoms with Crippen LogP contribution in [-0.2, 0) is 0 Å². The third-order valence-corrected chi connectivity index (χ3v) is 2.23. The molecule has 0 fully saturated rings. The molecule has 0 heterocycles. The normalized spacial score (nSPS) is 11.3. The monoisotopic (exact) mass is 260 g/mol. The lowest BCUT2D eigenvalue weighted by atomic mass is 10.3. The van der Waals surface area contributed by atoms with Gasteiger partial charge in [-0.1, -0.05) is 0 Å². The van der Waals surface area contributed by atoms with E-state index in [1.807, 2.05) is 0 Å². The summed E-state index contributed by atoms with van der Waals surface area (Å²) in [4.78, 5) is 3.80. The fourth-order valence-corrected chi connectivity index (χ4v) is 1.22. The number of guanidine groups is 1. The summed E-state index contributed by atoms with van der Waals surface area (Å²) in [6.45, 7) is 0. The van der Waals surface area contributed by atoms with Gasteiger partial charge in [-0.25, -0.2) is 10.2 Å². The first-order valence-corrected chi connectivity index (χ1v) is 4.62. The summed E-state index contributed by atoms with van der Waals surface area (Å²) in [7, 11) is 1.56. The summed E-state index contributed by atoms with van der Waals surface area (Å²) in [5.74, 6) is 5.19. The Morgan fingerprint density at radius 2 is 2.29 bits per heavy atom. The van der Waals surface area contributed by atoms with Gasteiger partial charge in [0.15, 0.2) is 0 Å². The van der Waals surface area contributed by atoms with E-state index in [2.05, 4.69) is 31.7 Å². The minimum absolute atomic E-state index is 0.330. The molecule has 0 saturated heterocycles. The van der Waals surface area contributed by atoms with Gasteiger partial charge in [0, 0.05) is 11.5 Å². The van der Waals surface area contributed by atoms with Gasteiger partial charge in [0.1, 0.15) is 5.82 Å². The van der Waals surface area contributed by atoms with Crippen molar-refractivity contribution in [1.29, 1.82) is 0 Å². The number of hydrazine groups is 1. The summed E-state index contributed by atoms with van der Waals surface area (Å²) in [6.07, 6.45) is 0. The Kier molecular flexibility index (Phi) is 3.84. The van der Waals surface area contributed by atoms with Gasteiger partial charge in [0.2, 0.25) is 5.96 Å². The molecule has 0 spiro atoms. The summed E-state index contributed by atoms with van der Waals surface area (Å²) in [6, 6.07) is 4.29. The first kappa shape index (κ1) is 10.9. The van der Waals surface area contributed by atoms with Crippen LogP contribution in [0.5, 0.6) is 0 Å². The van der Waals surface area contributed by atoms with Gasteiger partial charge in [0.05, 0.1) is 5.69 Å². The Hall–Kier alpha value is -1.14. The molecule has 4 N–H and O–H groups in total. The lowest BCUT2D eigenvalue weighted by Crippen LogP contribution is -2.36. The van der Waals surface area contributed by atoms with Crippen molar-refractivity contribution in [2.45, 2.75) is 0 Å². The maximum atomic E-state index is 12.9. The number of halogens is 2. The molecule has 6 heteroatoms. The zero-order valence-corrected chi connectivity index (χ0v) is 9.10. The molecule has 0 bridgehead atoms. The number of rotatable bonds is 1. The number of hydrogen-bond donors (Lipinski definition) is 3. The van der Waals surface area contributed by atoms with E-state index in [1.54, 1.807) is 13.1 Å². The number of nitrogens with one attached hydrogen (secondary N) is 2. The molecule has 0 radical (unpaired) electrons. The molecule has 1 rings (SSSR count). The molecule has 0 saturated carbocycles. The van der Waals surface area contributed by atoms with Crippen LogP contribution in [0.3, 0.4) is 0 Å². The highest BCUT2D eigenvalue weighted by atomic mass is 79.9. The van der Waals surface area contributed by atoms with Crippen molar-refractivity contribution in [2.24, 2.45) is 10.8 Å². The molecule has 76 valence electrons. The van der Waals surface area contributed by atoms with Crippen LogP contribution in [0.1, 0.15) is 0 Å². The molecule has 14 heavy (non-hydrogen) atoms. The van der Waals surface area contributed by atoms with Crippen molar-refractivity contribution in [3.05, 3.63) is 28.5 Å². The Labute approximate surface area is 89.5 Å². The van der Waals surface area contributed by atoms with Gasteiger partial charge in [-0.05, 0) is 34.1 Å². The summed E-state index contributed by atoms with van der Waals surface area (Å²) >= 11 is 3.26. The molecule has 0 unspecified atom stereocenters. The molecule has 0 aliphatic carbocycles. The highest BCUT2D eigenvalue weighted by Crippen LogP contribution is 2.22. The smallest absolute Gasteiger partial charge is 0.210 e. The van der Waals surface area contributed by atoms with Crippen molar-refractivity contribution in [3.8, 4) is 0 Å². The van der Waals surface area contributed by atoms with Crippen LogP contribution in [0.2, 0.25) is 0 Å². The van der Waals surface area contributed by atoms with Crippen molar-refractivity contribution in [3.63, 3.8) is 0 Å². The van der Waals surface area contributed by atoms with Crippen LogP contribution in [0.15, 0.2) is 27.7 Å². The lowest BCUT2D eigenvalue weighted by molar-refractivity contribution is 0.628. The first-order valence-electron chi connectivity index (χ1n) is 3.83.